The first kappa shape index (κ1) is 14.6. The summed E-state index contributed by atoms with van der Waals surface area (Å²) in [5.74, 6) is 1.57. The lowest BCUT2D eigenvalue weighted by molar-refractivity contribution is 0.319. The minimum absolute atomic E-state index is 0.581. The molecule has 0 unspecified atom stereocenters. The lowest BCUT2D eigenvalue weighted by atomic mass is 10.2. The number of hydrogen-bond donors (Lipinski definition) is 0. The second kappa shape index (κ2) is 6.28. The Kier molecular flexibility index (Phi) is 3.99. The van der Waals surface area contributed by atoms with Gasteiger partial charge in [0.15, 0.2) is 0 Å². The van der Waals surface area contributed by atoms with Gasteiger partial charge in [0.1, 0.15) is 11.3 Å². The van der Waals surface area contributed by atoms with Crippen LogP contribution >= 0.6 is 15.9 Å². The van der Waals surface area contributed by atoms with Gasteiger partial charge in [-0.25, -0.2) is 4.68 Å². The van der Waals surface area contributed by atoms with Crippen molar-refractivity contribution in [1.82, 2.24) is 20.0 Å². The summed E-state index contributed by atoms with van der Waals surface area (Å²) in [4.78, 5) is 4.30. The summed E-state index contributed by atoms with van der Waals surface area (Å²) in [6.45, 7) is 1.54. The summed E-state index contributed by atoms with van der Waals surface area (Å²) in [5, 5.41) is 8.58. The quantitative estimate of drug-likeness (QED) is 0.662. The maximum Gasteiger partial charge on any atom is 0.135 e. The van der Waals surface area contributed by atoms with Gasteiger partial charge in [0.2, 0.25) is 0 Å². The molecule has 1 aliphatic rings. The zero-order valence-corrected chi connectivity index (χ0v) is 14.2. The van der Waals surface area contributed by atoms with Gasteiger partial charge in [-0.2, -0.15) is 0 Å². The molecule has 2 aromatic heterocycles. The van der Waals surface area contributed by atoms with Crippen LogP contribution in [0.4, 0.5) is 0 Å². The first-order valence-electron chi connectivity index (χ1n) is 7.85. The molecule has 0 radical (unpaired) electrons. The third kappa shape index (κ3) is 3.22. The lowest BCUT2D eigenvalue weighted by Crippen LogP contribution is -2.03. The van der Waals surface area contributed by atoms with Crippen LogP contribution in [-0.2, 0) is 13.0 Å². The van der Waals surface area contributed by atoms with Crippen LogP contribution in [-0.4, -0.2) is 26.6 Å². The summed E-state index contributed by atoms with van der Waals surface area (Å²) in [6.07, 6.45) is 5.18. The third-order valence-electron chi connectivity index (χ3n) is 4.06. The Hall–Kier alpha value is -1.95. The van der Waals surface area contributed by atoms with Crippen LogP contribution in [0.5, 0.6) is 5.75 Å². The predicted octanol–water partition coefficient (Wildman–Crippen LogP) is 3.62. The zero-order valence-electron chi connectivity index (χ0n) is 12.7. The first-order valence-corrected chi connectivity index (χ1v) is 8.65. The summed E-state index contributed by atoms with van der Waals surface area (Å²) < 4.78 is 8.76. The number of aromatic nitrogens is 4. The molecule has 0 N–H and O–H groups in total. The first-order chi connectivity index (χ1) is 11.3. The van der Waals surface area contributed by atoms with Crippen molar-refractivity contribution in [3.05, 3.63) is 46.7 Å². The minimum atomic E-state index is 0.581. The van der Waals surface area contributed by atoms with Crippen LogP contribution in [0.3, 0.4) is 0 Å². The molecule has 2 heterocycles. The van der Waals surface area contributed by atoms with Crippen molar-refractivity contribution in [3.63, 3.8) is 0 Å². The van der Waals surface area contributed by atoms with Crippen LogP contribution in [0, 0.1) is 5.92 Å². The highest BCUT2D eigenvalue weighted by Gasteiger charge is 2.23. The molecule has 5 nitrogen and oxygen atoms in total. The monoisotopic (exact) mass is 372 g/mol. The van der Waals surface area contributed by atoms with E-state index in [9.17, 15) is 0 Å². The molecule has 118 valence electrons. The van der Waals surface area contributed by atoms with Gasteiger partial charge in [-0.1, -0.05) is 11.3 Å². The zero-order chi connectivity index (χ0) is 15.6. The van der Waals surface area contributed by atoms with Gasteiger partial charge in [0.25, 0.3) is 0 Å². The van der Waals surface area contributed by atoms with Crippen molar-refractivity contribution in [1.29, 1.82) is 0 Å². The van der Waals surface area contributed by atoms with E-state index in [1.807, 2.05) is 35.0 Å². The maximum absolute atomic E-state index is 5.89. The summed E-state index contributed by atoms with van der Waals surface area (Å²) in [6, 6.07) is 9.93. The Bertz CT molecular complexity index is 814. The molecule has 1 aromatic carbocycles. The van der Waals surface area contributed by atoms with Crippen LogP contribution in [0.1, 0.15) is 18.5 Å². The molecule has 0 bridgehead atoms. The highest BCUT2D eigenvalue weighted by Crippen LogP contribution is 2.34. The Morgan fingerprint density at radius 2 is 2.13 bits per heavy atom. The molecular weight excluding hydrogens is 356 g/mol. The summed E-state index contributed by atoms with van der Waals surface area (Å²) in [7, 11) is 0. The maximum atomic E-state index is 5.89. The smallest absolute Gasteiger partial charge is 0.135 e. The van der Waals surface area contributed by atoms with Crippen molar-refractivity contribution in [2.75, 3.05) is 6.61 Å². The Morgan fingerprint density at radius 1 is 1.22 bits per heavy atom. The number of halogens is 1. The molecule has 6 heteroatoms. The average Bonchev–Trinajstić information content (AvgIpc) is 3.30. The normalized spacial score (nSPS) is 14.3. The molecule has 1 fully saturated rings. The molecule has 0 aliphatic heterocycles. The van der Waals surface area contributed by atoms with Gasteiger partial charge in [-0.3, -0.25) is 4.98 Å². The summed E-state index contributed by atoms with van der Waals surface area (Å²) in [5.41, 5.74) is 2.95. The molecule has 0 atom stereocenters. The Morgan fingerprint density at radius 3 is 2.91 bits per heavy atom. The number of hydrogen-bond acceptors (Lipinski definition) is 4. The average molecular weight is 373 g/mol. The molecule has 0 amide bonds. The fraction of sp³-hybridized carbons (Fsp3) is 0.353. The molecule has 4 rings (SSSR count). The van der Waals surface area contributed by atoms with Gasteiger partial charge < -0.3 is 4.74 Å². The van der Waals surface area contributed by atoms with E-state index in [0.717, 1.165) is 45.8 Å². The lowest BCUT2D eigenvalue weighted by Gasteiger charge is -2.08. The second-order valence-corrected chi connectivity index (χ2v) is 6.67. The fourth-order valence-electron chi connectivity index (χ4n) is 2.59. The second-order valence-electron chi connectivity index (χ2n) is 5.88. The van der Waals surface area contributed by atoms with Crippen molar-refractivity contribution < 1.29 is 4.74 Å². The Labute approximate surface area is 142 Å². The van der Waals surface area contributed by atoms with E-state index >= 15 is 0 Å². The standard InChI is InChI=1S/C17H17BrN4O/c18-16-15(23-10-8-13-3-1-2-9-19-13)7-6-14-17(16)20-21-22(14)11-12-4-5-12/h1-3,6-7,9,12H,4-5,8,10-11H2. The van der Waals surface area contributed by atoms with E-state index in [4.69, 9.17) is 4.74 Å². The number of nitrogens with zero attached hydrogens (tertiary/aromatic N) is 4. The van der Waals surface area contributed by atoms with Crippen molar-refractivity contribution in [2.24, 2.45) is 5.92 Å². The molecule has 1 saturated carbocycles. The van der Waals surface area contributed by atoms with Crippen LogP contribution < -0.4 is 4.74 Å². The number of rotatable bonds is 6. The van der Waals surface area contributed by atoms with Gasteiger partial charge >= 0.3 is 0 Å². The molecule has 23 heavy (non-hydrogen) atoms. The molecular formula is C17H17BrN4O. The highest BCUT2D eigenvalue weighted by atomic mass is 79.9. The van der Waals surface area contributed by atoms with E-state index in [1.165, 1.54) is 12.8 Å². The highest BCUT2D eigenvalue weighted by molar-refractivity contribution is 9.10. The summed E-state index contributed by atoms with van der Waals surface area (Å²) >= 11 is 3.61. The SMILES string of the molecule is Brc1c(OCCc2ccccn2)ccc2c1nnn2CC1CC1. The number of fused-ring (bicyclic) bond motifs is 1. The molecule has 0 spiro atoms. The number of pyridine rings is 1. The van der Waals surface area contributed by atoms with E-state index in [2.05, 4.69) is 31.2 Å². The Balaban J connectivity index is 1.48. The van der Waals surface area contributed by atoms with E-state index in [1.54, 1.807) is 6.20 Å². The molecule has 1 aliphatic carbocycles. The molecule has 0 saturated heterocycles. The van der Waals surface area contributed by atoms with Gasteiger partial charge in [0.05, 0.1) is 16.6 Å². The van der Waals surface area contributed by atoms with Crippen molar-refractivity contribution in [2.45, 2.75) is 25.8 Å². The van der Waals surface area contributed by atoms with Crippen LogP contribution in [0.2, 0.25) is 0 Å². The van der Waals surface area contributed by atoms with E-state index in [0.29, 0.717) is 6.61 Å². The van der Waals surface area contributed by atoms with Gasteiger partial charge in [0, 0.05) is 24.9 Å². The van der Waals surface area contributed by atoms with Crippen LogP contribution in [0.15, 0.2) is 41.0 Å². The largest absolute Gasteiger partial charge is 0.492 e. The van der Waals surface area contributed by atoms with Crippen molar-refractivity contribution >= 4 is 27.0 Å². The topological polar surface area (TPSA) is 52.8 Å². The molecule has 3 aromatic rings. The fourth-order valence-corrected chi connectivity index (χ4v) is 3.12. The van der Waals surface area contributed by atoms with Gasteiger partial charge in [-0.15, -0.1) is 5.10 Å². The van der Waals surface area contributed by atoms with E-state index in [-0.39, 0.29) is 0 Å². The van der Waals surface area contributed by atoms with E-state index < -0.39 is 0 Å². The predicted molar refractivity (Wildman–Crippen MR) is 91.4 cm³/mol. The number of benzene rings is 1. The van der Waals surface area contributed by atoms with Crippen molar-refractivity contribution in [3.8, 4) is 5.75 Å². The minimum Gasteiger partial charge on any atom is -0.492 e. The number of ether oxygens (including phenoxy) is 1. The van der Waals surface area contributed by atoms with Gasteiger partial charge in [-0.05, 0) is 59.0 Å². The third-order valence-corrected chi connectivity index (χ3v) is 4.83. The van der Waals surface area contributed by atoms with Crippen LogP contribution in [0.25, 0.3) is 11.0 Å².